The zero-order valence-corrected chi connectivity index (χ0v) is 10.1. The van der Waals surface area contributed by atoms with Gasteiger partial charge in [0.25, 0.3) is 0 Å². The molecule has 1 aliphatic rings. The first-order valence-electron chi connectivity index (χ1n) is 5.43. The Morgan fingerprint density at radius 1 is 1.53 bits per heavy atom. The minimum atomic E-state index is -0.423. The molecule has 0 radical (unpaired) electrons. The number of rotatable bonds is 2. The smallest absolute Gasteiger partial charge is 0.240 e. The zero-order chi connectivity index (χ0) is 11.6. The Balaban J connectivity index is 2.55. The largest absolute Gasteiger partial charge is 0.380 e. The highest BCUT2D eigenvalue weighted by atomic mass is 16.5. The van der Waals surface area contributed by atoms with Crippen LogP contribution in [0.2, 0.25) is 0 Å². The van der Waals surface area contributed by atoms with Crippen molar-refractivity contribution in [3.05, 3.63) is 0 Å². The van der Waals surface area contributed by atoms with Gasteiger partial charge in [-0.25, -0.2) is 0 Å². The van der Waals surface area contributed by atoms with E-state index in [1.165, 1.54) is 0 Å². The van der Waals surface area contributed by atoms with E-state index < -0.39 is 6.04 Å². The first kappa shape index (κ1) is 12.5. The third kappa shape index (κ3) is 2.92. The molecular weight excluding hydrogens is 192 g/mol. The van der Waals surface area contributed by atoms with Crippen molar-refractivity contribution in [2.24, 2.45) is 11.1 Å². The summed E-state index contributed by atoms with van der Waals surface area (Å²) in [5, 5.41) is 0. The standard InChI is InChI=1S/C11H22N2O2/c1-11(2,3)9(12)10(14)13-6-5-8(7-13)15-4/h8-9H,5-7,12H2,1-4H3/t8?,9-/m1/s1. The third-order valence-corrected chi connectivity index (χ3v) is 2.99. The molecule has 1 unspecified atom stereocenters. The van der Waals surface area contributed by atoms with E-state index in [1.807, 2.05) is 25.7 Å². The van der Waals surface area contributed by atoms with E-state index in [0.717, 1.165) is 13.0 Å². The van der Waals surface area contributed by atoms with Crippen molar-refractivity contribution in [3.63, 3.8) is 0 Å². The topological polar surface area (TPSA) is 55.6 Å². The quantitative estimate of drug-likeness (QED) is 0.732. The fraction of sp³-hybridized carbons (Fsp3) is 0.909. The predicted molar refractivity (Wildman–Crippen MR) is 59.4 cm³/mol. The molecule has 88 valence electrons. The Hall–Kier alpha value is -0.610. The van der Waals surface area contributed by atoms with Crippen molar-refractivity contribution in [1.29, 1.82) is 0 Å². The lowest BCUT2D eigenvalue weighted by atomic mass is 9.86. The number of carbonyl (C=O) groups excluding carboxylic acids is 1. The minimum absolute atomic E-state index is 0.0436. The molecule has 0 saturated carbocycles. The number of hydrogen-bond donors (Lipinski definition) is 1. The molecule has 1 aliphatic heterocycles. The van der Waals surface area contributed by atoms with Crippen molar-refractivity contribution in [1.82, 2.24) is 4.90 Å². The normalized spacial score (nSPS) is 24.3. The van der Waals surface area contributed by atoms with E-state index in [9.17, 15) is 4.79 Å². The number of likely N-dealkylation sites (tertiary alicyclic amines) is 1. The van der Waals surface area contributed by atoms with Gasteiger partial charge in [-0.05, 0) is 11.8 Å². The van der Waals surface area contributed by atoms with Crippen molar-refractivity contribution in [3.8, 4) is 0 Å². The van der Waals surface area contributed by atoms with Crippen LogP contribution in [0.4, 0.5) is 0 Å². The number of carbonyl (C=O) groups is 1. The summed E-state index contributed by atoms with van der Waals surface area (Å²) in [7, 11) is 1.68. The average Bonchev–Trinajstić information content (AvgIpc) is 2.62. The van der Waals surface area contributed by atoms with Crippen LogP contribution in [0.1, 0.15) is 27.2 Å². The molecule has 4 heteroatoms. The molecule has 0 aliphatic carbocycles. The maximum absolute atomic E-state index is 12.0. The molecule has 15 heavy (non-hydrogen) atoms. The highest BCUT2D eigenvalue weighted by Gasteiger charge is 2.34. The number of nitrogens with zero attached hydrogens (tertiary/aromatic N) is 1. The van der Waals surface area contributed by atoms with Gasteiger partial charge in [-0.3, -0.25) is 4.79 Å². The van der Waals surface area contributed by atoms with Gasteiger partial charge < -0.3 is 15.4 Å². The Labute approximate surface area is 91.8 Å². The summed E-state index contributed by atoms with van der Waals surface area (Å²) in [5.41, 5.74) is 5.75. The molecule has 1 heterocycles. The number of nitrogens with two attached hydrogens (primary N) is 1. The SMILES string of the molecule is COC1CCN(C(=O)[C@@H](N)C(C)(C)C)C1. The van der Waals surface area contributed by atoms with Gasteiger partial charge in [-0.2, -0.15) is 0 Å². The third-order valence-electron chi connectivity index (χ3n) is 2.99. The molecule has 0 aromatic heterocycles. The molecule has 4 nitrogen and oxygen atoms in total. The fourth-order valence-electron chi connectivity index (χ4n) is 1.69. The first-order chi connectivity index (χ1) is 6.86. The van der Waals surface area contributed by atoms with Crippen molar-refractivity contribution in [2.75, 3.05) is 20.2 Å². The summed E-state index contributed by atoms with van der Waals surface area (Å²) in [4.78, 5) is 13.8. The van der Waals surface area contributed by atoms with E-state index in [4.69, 9.17) is 10.5 Å². The van der Waals surface area contributed by atoms with Crippen molar-refractivity contribution >= 4 is 5.91 Å². The molecule has 1 saturated heterocycles. The van der Waals surface area contributed by atoms with Gasteiger partial charge in [-0.1, -0.05) is 20.8 Å². The summed E-state index contributed by atoms with van der Waals surface area (Å²) >= 11 is 0. The van der Waals surface area contributed by atoms with Crippen LogP contribution < -0.4 is 5.73 Å². The van der Waals surface area contributed by atoms with Gasteiger partial charge in [0.05, 0.1) is 12.1 Å². The molecule has 0 bridgehead atoms. The van der Waals surface area contributed by atoms with Gasteiger partial charge in [-0.15, -0.1) is 0 Å². The van der Waals surface area contributed by atoms with Gasteiger partial charge in [0.15, 0.2) is 0 Å². The summed E-state index contributed by atoms with van der Waals surface area (Å²) in [6, 6.07) is -0.423. The second-order valence-electron chi connectivity index (χ2n) is 5.27. The van der Waals surface area contributed by atoms with Crippen molar-refractivity contribution in [2.45, 2.75) is 39.3 Å². The second-order valence-corrected chi connectivity index (χ2v) is 5.27. The van der Waals surface area contributed by atoms with Gasteiger partial charge in [0, 0.05) is 20.2 Å². The maximum atomic E-state index is 12.0. The molecule has 2 atom stereocenters. The molecular formula is C11H22N2O2. The first-order valence-corrected chi connectivity index (χ1v) is 5.43. The maximum Gasteiger partial charge on any atom is 0.240 e. The molecule has 2 N–H and O–H groups in total. The van der Waals surface area contributed by atoms with Crippen LogP contribution in [0.25, 0.3) is 0 Å². The van der Waals surface area contributed by atoms with Crippen LogP contribution in [0.15, 0.2) is 0 Å². The van der Waals surface area contributed by atoms with E-state index in [1.54, 1.807) is 7.11 Å². The highest BCUT2D eigenvalue weighted by Crippen LogP contribution is 2.21. The fourth-order valence-corrected chi connectivity index (χ4v) is 1.69. The Morgan fingerprint density at radius 2 is 2.13 bits per heavy atom. The summed E-state index contributed by atoms with van der Waals surface area (Å²) in [6.45, 7) is 7.40. The molecule has 0 spiro atoms. The van der Waals surface area contributed by atoms with Crippen molar-refractivity contribution < 1.29 is 9.53 Å². The Kier molecular flexibility index (Phi) is 3.73. The van der Waals surface area contributed by atoms with E-state index in [0.29, 0.717) is 6.54 Å². The van der Waals surface area contributed by atoms with E-state index in [-0.39, 0.29) is 17.4 Å². The predicted octanol–water partition coefficient (Wildman–Crippen LogP) is 0.607. The van der Waals surface area contributed by atoms with Crippen LogP contribution in [-0.2, 0) is 9.53 Å². The Morgan fingerprint density at radius 3 is 2.53 bits per heavy atom. The van der Waals surface area contributed by atoms with Gasteiger partial charge in [0.1, 0.15) is 0 Å². The number of hydrogen-bond acceptors (Lipinski definition) is 3. The van der Waals surface area contributed by atoms with E-state index >= 15 is 0 Å². The lowest BCUT2D eigenvalue weighted by Crippen LogP contribution is -2.49. The molecule has 1 fully saturated rings. The molecule has 0 aromatic rings. The Bertz CT molecular complexity index is 235. The minimum Gasteiger partial charge on any atom is -0.380 e. The van der Waals surface area contributed by atoms with Gasteiger partial charge in [0.2, 0.25) is 5.91 Å². The van der Waals surface area contributed by atoms with Gasteiger partial charge >= 0.3 is 0 Å². The average molecular weight is 214 g/mol. The molecule has 0 aromatic carbocycles. The lowest BCUT2D eigenvalue weighted by Gasteiger charge is -2.29. The van der Waals surface area contributed by atoms with Crippen LogP contribution >= 0.6 is 0 Å². The van der Waals surface area contributed by atoms with Crippen LogP contribution in [0.3, 0.4) is 0 Å². The highest BCUT2D eigenvalue weighted by molar-refractivity contribution is 5.82. The zero-order valence-electron chi connectivity index (χ0n) is 10.1. The van der Waals surface area contributed by atoms with Crippen LogP contribution in [-0.4, -0.2) is 43.2 Å². The number of amides is 1. The lowest BCUT2D eigenvalue weighted by molar-refractivity contribution is -0.134. The number of methoxy groups -OCH3 is 1. The van der Waals surface area contributed by atoms with Crippen LogP contribution in [0, 0.1) is 5.41 Å². The van der Waals surface area contributed by atoms with E-state index in [2.05, 4.69) is 0 Å². The summed E-state index contributed by atoms with van der Waals surface area (Å²) in [6.07, 6.45) is 1.10. The monoisotopic (exact) mass is 214 g/mol. The van der Waals surface area contributed by atoms with Crippen LogP contribution in [0.5, 0.6) is 0 Å². The second kappa shape index (κ2) is 4.49. The molecule has 1 rings (SSSR count). The number of ether oxygens (including phenoxy) is 1. The summed E-state index contributed by atoms with van der Waals surface area (Å²) in [5.74, 6) is 0.0436. The summed E-state index contributed by atoms with van der Waals surface area (Å²) < 4.78 is 5.22. The molecule has 1 amide bonds.